The maximum absolute atomic E-state index is 12.5. The summed E-state index contributed by atoms with van der Waals surface area (Å²) in [6.07, 6.45) is 1.80. The lowest BCUT2D eigenvalue weighted by Gasteiger charge is -2.12. The van der Waals surface area contributed by atoms with Gasteiger partial charge in [-0.15, -0.1) is 0 Å². The molecule has 0 unspecified atom stereocenters. The summed E-state index contributed by atoms with van der Waals surface area (Å²) in [6, 6.07) is 18.8. The summed E-state index contributed by atoms with van der Waals surface area (Å²) in [6.45, 7) is 0.383. The molecule has 1 fully saturated rings. The van der Waals surface area contributed by atoms with E-state index in [0.29, 0.717) is 28.2 Å². The number of carbonyl (C=O) groups is 1. The van der Waals surface area contributed by atoms with Crippen molar-refractivity contribution < 1.29 is 19.0 Å². The molecule has 1 heterocycles. The first-order chi connectivity index (χ1) is 16.4. The lowest BCUT2D eigenvalue weighted by Crippen LogP contribution is -2.19. The lowest BCUT2D eigenvalue weighted by molar-refractivity contribution is -0.115. The topological polar surface area (TPSA) is 69.2 Å². The molecular weight excluding hydrogens is 584 g/mol. The van der Waals surface area contributed by atoms with Crippen LogP contribution in [0.2, 0.25) is 0 Å². The molecule has 34 heavy (non-hydrogen) atoms. The van der Waals surface area contributed by atoms with E-state index in [2.05, 4.69) is 42.2 Å². The predicted molar refractivity (Wildman–Crippen MR) is 143 cm³/mol. The van der Waals surface area contributed by atoms with Crippen molar-refractivity contribution in [3.8, 4) is 17.2 Å². The van der Waals surface area contributed by atoms with E-state index in [1.54, 1.807) is 20.3 Å². The average Bonchev–Trinajstić information content (AvgIpc) is 3.17. The number of halogens is 2. The number of carbonyl (C=O) groups excluding carboxylic acids is 1. The van der Waals surface area contributed by atoms with Crippen LogP contribution < -0.4 is 19.5 Å². The Labute approximate surface area is 218 Å². The molecule has 3 aromatic carbocycles. The van der Waals surface area contributed by atoms with Gasteiger partial charge in [-0.2, -0.15) is 0 Å². The highest BCUT2D eigenvalue weighted by atomic mass is 79.9. The molecule has 0 spiro atoms. The van der Waals surface area contributed by atoms with Crippen LogP contribution in [0.1, 0.15) is 11.1 Å². The molecule has 6 nitrogen and oxygen atoms in total. The summed E-state index contributed by atoms with van der Waals surface area (Å²) in [5.41, 5.74) is 2.56. The molecule has 0 atom stereocenters. The van der Waals surface area contributed by atoms with Crippen molar-refractivity contribution in [1.82, 2.24) is 5.32 Å². The van der Waals surface area contributed by atoms with Crippen LogP contribution in [0.5, 0.6) is 17.2 Å². The molecule has 1 aliphatic heterocycles. The smallest absolute Gasteiger partial charge is 0.264 e. The number of hydrogen-bond donors (Lipinski definition) is 1. The summed E-state index contributed by atoms with van der Waals surface area (Å²) in [4.78, 5) is 17.5. The molecule has 1 N–H and O–H groups in total. The molecule has 174 valence electrons. The van der Waals surface area contributed by atoms with E-state index in [9.17, 15) is 4.79 Å². The number of hydrogen-bond acceptors (Lipinski definition) is 6. The minimum atomic E-state index is -0.198. The third kappa shape index (κ3) is 6.02. The molecular formula is C25H20Br2N2O4S. The van der Waals surface area contributed by atoms with Crippen LogP contribution in [0.3, 0.4) is 0 Å². The first-order valence-electron chi connectivity index (χ1n) is 10.1. The number of methoxy groups -OCH3 is 2. The Bertz CT molecular complexity index is 1280. The SMILES string of the molecule is COc1ccc(N=C2NC(=O)/C(=C/c3ccc(OCc4ccc(Br)cc4Br)c(OC)c3)S2)cc1. The quantitative estimate of drug-likeness (QED) is 0.304. The first-order valence-corrected chi connectivity index (χ1v) is 12.5. The van der Waals surface area contributed by atoms with Gasteiger partial charge in [0.1, 0.15) is 12.4 Å². The summed E-state index contributed by atoms with van der Waals surface area (Å²) < 4.78 is 18.6. The van der Waals surface area contributed by atoms with Gasteiger partial charge in [0, 0.05) is 14.5 Å². The molecule has 0 aromatic heterocycles. The maximum atomic E-state index is 12.5. The largest absolute Gasteiger partial charge is 0.497 e. The number of nitrogens with one attached hydrogen (secondary N) is 1. The van der Waals surface area contributed by atoms with Gasteiger partial charge in [-0.25, -0.2) is 4.99 Å². The van der Waals surface area contributed by atoms with Crippen molar-refractivity contribution in [3.05, 3.63) is 85.6 Å². The van der Waals surface area contributed by atoms with Crippen molar-refractivity contribution in [1.29, 1.82) is 0 Å². The fourth-order valence-corrected chi connectivity index (χ4v) is 5.10. The number of aliphatic imine (C=N–C) groups is 1. The number of ether oxygens (including phenoxy) is 3. The van der Waals surface area contributed by atoms with E-state index in [1.165, 1.54) is 11.8 Å². The van der Waals surface area contributed by atoms with Gasteiger partial charge in [-0.1, -0.05) is 44.0 Å². The third-order valence-corrected chi connectivity index (χ3v) is 6.98. The molecule has 0 aliphatic carbocycles. The van der Waals surface area contributed by atoms with Gasteiger partial charge in [0.05, 0.1) is 24.8 Å². The minimum absolute atomic E-state index is 0.198. The Kier molecular flexibility index (Phi) is 7.97. The van der Waals surface area contributed by atoms with Gasteiger partial charge < -0.3 is 19.5 Å². The highest BCUT2D eigenvalue weighted by Gasteiger charge is 2.24. The van der Waals surface area contributed by atoms with E-state index in [4.69, 9.17) is 14.2 Å². The van der Waals surface area contributed by atoms with Gasteiger partial charge in [0.15, 0.2) is 16.7 Å². The third-order valence-electron chi connectivity index (χ3n) is 4.84. The maximum Gasteiger partial charge on any atom is 0.264 e. The zero-order valence-corrected chi connectivity index (χ0v) is 22.3. The Morgan fingerprint density at radius 3 is 2.47 bits per heavy atom. The molecule has 3 aromatic rings. The van der Waals surface area contributed by atoms with Gasteiger partial charge in [-0.3, -0.25) is 4.79 Å². The lowest BCUT2D eigenvalue weighted by atomic mass is 10.2. The average molecular weight is 604 g/mol. The van der Waals surface area contributed by atoms with E-state index >= 15 is 0 Å². The second-order valence-electron chi connectivity index (χ2n) is 7.11. The van der Waals surface area contributed by atoms with E-state index in [0.717, 1.165) is 31.5 Å². The van der Waals surface area contributed by atoms with Crippen LogP contribution in [0.4, 0.5) is 5.69 Å². The molecule has 1 aliphatic rings. The second kappa shape index (κ2) is 11.1. The Morgan fingerprint density at radius 1 is 0.971 bits per heavy atom. The van der Waals surface area contributed by atoms with Crippen LogP contribution in [-0.2, 0) is 11.4 Å². The summed E-state index contributed by atoms with van der Waals surface area (Å²) >= 11 is 8.28. The van der Waals surface area contributed by atoms with Crippen LogP contribution in [-0.4, -0.2) is 25.3 Å². The Morgan fingerprint density at radius 2 is 1.76 bits per heavy atom. The summed E-state index contributed by atoms with van der Waals surface area (Å²) in [7, 11) is 3.20. The van der Waals surface area contributed by atoms with Crippen molar-refractivity contribution in [2.24, 2.45) is 4.99 Å². The zero-order chi connectivity index (χ0) is 24.1. The highest BCUT2D eigenvalue weighted by molar-refractivity contribution is 9.11. The molecule has 0 bridgehead atoms. The molecule has 1 saturated heterocycles. The summed E-state index contributed by atoms with van der Waals surface area (Å²) in [5, 5.41) is 3.32. The second-order valence-corrected chi connectivity index (χ2v) is 9.92. The van der Waals surface area contributed by atoms with Crippen molar-refractivity contribution in [3.63, 3.8) is 0 Å². The van der Waals surface area contributed by atoms with Gasteiger partial charge in [0.25, 0.3) is 5.91 Å². The first kappa shape index (κ1) is 24.4. The molecule has 9 heteroatoms. The van der Waals surface area contributed by atoms with Crippen molar-refractivity contribution in [2.45, 2.75) is 6.61 Å². The molecule has 1 amide bonds. The van der Waals surface area contributed by atoms with Gasteiger partial charge in [-0.05, 0) is 71.9 Å². The number of rotatable bonds is 7. The normalized spacial score (nSPS) is 15.5. The molecule has 0 radical (unpaired) electrons. The predicted octanol–water partition coefficient (Wildman–Crippen LogP) is 6.70. The van der Waals surface area contributed by atoms with Gasteiger partial charge in [0.2, 0.25) is 0 Å². The van der Waals surface area contributed by atoms with E-state index in [1.807, 2.05) is 60.7 Å². The number of nitrogens with zero attached hydrogens (tertiary/aromatic N) is 1. The van der Waals surface area contributed by atoms with Crippen molar-refractivity contribution >= 4 is 66.5 Å². The molecule has 0 saturated carbocycles. The fraction of sp³-hybridized carbons (Fsp3) is 0.120. The van der Waals surface area contributed by atoms with Crippen LogP contribution in [0, 0.1) is 0 Å². The Balaban J connectivity index is 1.47. The van der Waals surface area contributed by atoms with E-state index in [-0.39, 0.29) is 5.91 Å². The Hall–Kier alpha value is -2.75. The van der Waals surface area contributed by atoms with Crippen LogP contribution >= 0.6 is 43.6 Å². The number of thioether (sulfide) groups is 1. The van der Waals surface area contributed by atoms with Crippen molar-refractivity contribution in [2.75, 3.05) is 14.2 Å². The van der Waals surface area contributed by atoms with E-state index < -0.39 is 0 Å². The summed E-state index contributed by atoms with van der Waals surface area (Å²) in [5.74, 6) is 1.75. The highest BCUT2D eigenvalue weighted by Crippen LogP contribution is 2.33. The standard InChI is InChI=1S/C25H20Br2N2O4S/c1-31-19-8-6-18(7-9-19)28-25-29-24(30)23(34-25)12-15-3-10-21(22(11-15)32-2)33-14-16-4-5-17(26)13-20(16)27/h3-13H,14H2,1-2H3,(H,28,29,30)/b23-12-. The van der Waals surface area contributed by atoms with Gasteiger partial charge >= 0.3 is 0 Å². The number of amidine groups is 1. The van der Waals surface area contributed by atoms with Crippen LogP contribution in [0.25, 0.3) is 6.08 Å². The zero-order valence-electron chi connectivity index (χ0n) is 18.3. The van der Waals surface area contributed by atoms with Crippen LogP contribution in [0.15, 0.2) is 79.5 Å². The monoisotopic (exact) mass is 602 g/mol. The fourth-order valence-electron chi connectivity index (χ4n) is 3.09. The molecule has 4 rings (SSSR count). The minimum Gasteiger partial charge on any atom is -0.497 e. The number of amides is 1. The number of benzene rings is 3.